The zero-order chi connectivity index (χ0) is 19.5. The first kappa shape index (κ1) is 18.5. The maximum absolute atomic E-state index is 5.92. The monoisotopic (exact) mass is 378 g/mol. The number of methoxy groups -OCH3 is 1. The highest BCUT2D eigenvalue weighted by Gasteiger charge is 2.18. The van der Waals surface area contributed by atoms with Gasteiger partial charge in [0.25, 0.3) is 0 Å². The second-order valence-corrected chi connectivity index (χ2v) is 7.05. The van der Waals surface area contributed by atoms with E-state index in [-0.39, 0.29) is 0 Å². The molecule has 0 saturated heterocycles. The average molecular weight is 378 g/mol. The lowest BCUT2D eigenvalue weighted by Gasteiger charge is -2.25. The highest BCUT2D eigenvalue weighted by atomic mass is 16.5. The largest absolute Gasteiger partial charge is 0.497 e. The van der Waals surface area contributed by atoms with Crippen LogP contribution < -0.4 is 4.74 Å². The Hall–Kier alpha value is -2.86. The third-order valence-corrected chi connectivity index (χ3v) is 5.22. The molecule has 0 aliphatic carbocycles. The molecular weight excluding hydrogens is 352 g/mol. The topological polar surface area (TPSA) is 56.3 Å². The molecule has 0 radical (unpaired) electrons. The molecule has 6 nitrogen and oxygen atoms in total. The molecule has 0 N–H and O–H groups in total. The molecule has 6 heteroatoms. The fourth-order valence-electron chi connectivity index (χ4n) is 3.46. The molecule has 1 aliphatic heterocycles. The molecule has 4 rings (SSSR count). The number of aryl methyl sites for hydroxylation is 2. The molecule has 0 spiro atoms. The van der Waals surface area contributed by atoms with Gasteiger partial charge in [-0.2, -0.15) is 5.10 Å². The maximum atomic E-state index is 5.92. The minimum Gasteiger partial charge on any atom is -0.497 e. The number of nitrogens with zero attached hydrogens (tertiary/aromatic N) is 4. The first-order valence-corrected chi connectivity index (χ1v) is 9.71. The molecule has 0 amide bonds. The Kier molecular flexibility index (Phi) is 5.30. The Labute approximate surface area is 165 Å². The van der Waals surface area contributed by atoms with Crippen molar-refractivity contribution in [3.63, 3.8) is 0 Å². The SMILES string of the molecule is CCn1cc(C2=CCN(Cc3nc(-c4ccc(OC)cc4)oc3C)CC2)cn1. The predicted molar refractivity (Wildman–Crippen MR) is 109 cm³/mol. The molecule has 146 valence electrons. The molecule has 0 unspecified atom stereocenters. The van der Waals surface area contributed by atoms with Gasteiger partial charge in [-0.1, -0.05) is 6.08 Å². The van der Waals surface area contributed by atoms with Gasteiger partial charge in [-0.3, -0.25) is 9.58 Å². The molecule has 28 heavy (non-hydrogen) atoms. The van der Waals surface area contributed by atoms with Crippen LogP contribution in [0.15, 0.2) is 47.2 Å². The van der Waals surface area contributed by atoms with Crippen LogP contribution in [0.2, 0.25) is 0 Å². The fraction of sp³-hybridized carbons (Fsp3) is 0.364. The van der Waals surface area contributed by atoms with E-state index in [1.165, 1.54) is 11.1 Å². The van der Waals surface area contributed by atoms with Crippen molar-refractivity contribution in [2.24, 2.45) is 0 Å². The van der Waals surface area contributed by atoms with Crippen LogP contribution in [-0.4, -0.2) is 39.9 Å². The van der Waals surface area contributed by atoms with E-state index < -0.39 is 0 Å². The van der Waals surface area contributed by atoms with Crippen molar-refractivity contribution in [2.45, 2.75) is 33.4 Å². The molecule has 0 bridgehead atoms. The molecular formula is C22H26N4O2. The zero-order valence-electron chi connectivity index (χ0n) is 16.7. The summed E-state index contributed by atoms with van der Waals surface area (Å²) in [6.07, 6.45) is 7.43. The van der Waals surface area contributed by atoms with E-state index in [0.717, 1.165) is 55.4 Å². The van der Waals surface area contributed by atoms with Gasteiger partial charge in [0.05, 0.1) is 19.0 Å². The quantitative estimate of drug-likeness (QED) is 0.644. The Bertz CT molecular complexity index is 969. The molecule has 3 aromatic rings. The van der Waals surface area contributed by atoms with Gasteiger partial charge in [0.2, 0.25) is 5.89 Å². The molecule has 0 atom stereocenters. The molecule has 2 aromatic heterocycles. The normalized spacial score (nSPS) is 14.9. The number of rotatable bonds is 6. The average Bonchev–Trinajstić information content (AvgIpc) is 3.36. The summed E-state index contributed by atoms with van der Waals surface area (Å²) in [6, 6.07) is 7.79. The van der Waals surface area contributed by atoms with Crippen LogP contribution in [0.1, 0.15) is 30.4 Å². The van der Waals surface area contributed by atoms with Crippen LogP contribution in [0, 0.1) is 6.92 Å². The minimum atomic E-state index is 0.662. The number of ether oxygens (including phenoxy) is 1. The Morgan fingerprint density at radius 3 is 2.64 bits per heavy atom. The lowest BCUT2D eigenvalue weighted by Crippen LogP contribution is -2.28. The Morgan fingerprint density at radius 2 is 2.00 bits per heavy atom. The van der Waals surface area contributed by atoms with Gasteiger partial charge < -0.3 is 9.15 Å². The number of oxazole rings is 1. The Balaban J connectivity index is 1.43. The van der Waals surface area contributed by atoms with Gasteiger partial charge >= 0.3 is 0 Å². The molecule has 0 saturated carbocycles. The predicted octanol–water partition coefficient (Wildman–Crippen LogP) is 4.16. The molecule has 1 aromatic carbocycles. The molecule has 3 heterocycles. The van der Waals surface area contributed by atoms with Crippen LogP contribution in [0.3, 0.4) is 0 Å². The van der Waals surface area contributed by atoms with Crippen molar-refractivity contribution in [1.29, 1.82) is 0 Å². The zero-order valence-corrected chi connectivity index (χ0v) is 16.7. The van der Waals surface area contributed by atoms with E-state index in [2.05, 4.69) is 29.2 Å². The van der Waals surface area contributed by atoms with Crippen LogP contribution in [0.25, 0.3) is 17.0 Å². The van der Waals surface area contributed by atoms with Crippen LogP contribution in [0.5, 0.6) is 5.75 Å². The highest BCUT2D eigenvalue weighted by molar-refractivity contribution is 5.65. The van der Waals surface area contributed by atoms with Crippen molar-refractivity contribution in [2.75, 3.05) is 20.2 Å². The fourth-order valence-corrected chi connectivity index (χ4v) is 3.46. The van der Waals surface area contributed by atoms with Crippen molar-refractivity contribution in [1.82, 2.24) is 19.7 Å². The number of benzene rings is 1. The third kappa shape index (κ3) is 3.87. The lowest BCUT2D eigenvalue weighted by atomic mass is 10.0. The lowest BCUT2D eigenvalue weighted by molar-refractivity contribution is 0.289. The minimum absolute atomic E-state index is 0.662. The summed E-state index contributed by atoms with van der Waals surface area (Å²) in [7, 11) is 1.66. The number of hydrogen-bond donors (Lipinski definition) is 0. The Morgan fingerprint density at radius 1 is 1.18 bits per heavy atom. The smallest absolute Gasteiger partial charge is 0.226 e. The third-order valence-electron chi connectivity index (χ3n) is 5.22. The standard InChI is InChI=1S/C22H26N4O2/c1-4-26-14-19(13-23-26)17-9-11-25(12-10-17)15-21-16(2)28-22(24-21)18-5-7-20(27-3)8-6-18/h5-9,13-14H,4,10-12,15H2,1-3H3. The second kappa shape index (κ2) is 8.02. The molecule has 1 aliphatic rings. The van der Waals surface area contributed by atoms with Crippen molar-refractivity contribution in [3.8, 4) is 17.2 Å². The van der Waals surface area contributed by atoms with Crippen molar-refractivity contribution >= 4 is 5.57 Å². The number of aromatic nitrogens is 3. The van der Waals surface area contributed by atoms with E-state index in [1.807, 2.05) is 42.1 Å². The molecule has 0 fully saturated rings. The van der Waals surface area contributed by atoms with Gasteiger partial charge in [-0.25, -0.2) is 4.98 Å². The van der Waals surface area contributed by atoms with Gasteiger partial charge in [-0.15, -0.1) is 0 Å². The van der Waals surface area contributed by atoms with Crippen molar-refractivity contribution in [3.05, 3.63) is 59.8 Å². The second-order valence-electron chi connectivity index (χ2n) is 7.05. The number of hydrogen-bond acceptors (Lipinski definition) is 5. The van der Waals surface area contributed by atoms with E-state index in [1.54, 1.807) is 7.11 Å². The summed E-state index contributed by atoms with van der Waals surface area (Å²) in [5.74, 6) is 2.37. The van der Waals surface area contributed by atoms with Gasteiger partial charge in [-0.05, 0) is 50.1 Å². The summed E-state index contributed by atoms with van der Waals surface area (Å²) in [6.45, 7) is 7.71. The van der Waals surface area contributed by atoms with E-state index in [4.69, 9.17) is 14.1 Å². The summed E-state index contributed by atoms with van der Waals surface area (Å²) in [5.41, 5.74) is 4.58. The van der Waals surface area contributed by atoms with Crippen LogP contribution in [-0.2, 0) is 13.1 Å². The van der Waals surface area contributed by atoms with E-state index in [9.17, 15) is 0 Å². The van der Waals surface area contributed by atoms with Crippen LogP contribution in [0.4, 0.5) is 0 Å². The highest BCUT2D eigenvalue weighted by Crippen LogP contribution is 2.26. The first-order chi connectivity index (χ1) is 13.7. The summed E-state index contributed by atoms with van der Waals surface area (Å²) < 4.78 is 13.1. The van der Waals surface area contributed by atoms with Gasteiger partial charge in [0, 0.05) is 43.5 Å². The van der Waals surface area contributed by atoms with Gasteiger partial charge in [0.1, 0.15) is 11.5 Å². The van der Waals surface area contributed by atoms with E-state index in [0.29, 0.717) is 5.89 Å². The van der Waals surface area contributed by atoms with Crippen molar-refractivity contribution < 1.29 is 9.15 Å². The van der Waals surface area contributed by atoms with Crippen LogP contribution >= 0.6 is 0 Å². The first-order valence-electron chi connectivity index (χ1n) is 9.71. The van der Waals surface area contributed by atoms with Gasteiger partial charge in [0.15, 0.2) is 0 Å². The summed E-state index contributed by atoms with van der Waals surface area (Å²) in [4.78, 5) is 7.14. The maximum Gasteiger partial charge on any atom is 0.226 e. The summed E-state index contributed by atoms with van der Waals surface area (Å²) >= 11 is 0. The van der Waals surface area contributed by atoms with E-state index >= 15 is 0 Å². The summed E-state index contributed by atoms with van der Waals surface area (Å²) in [5, 5.41) is 4.38.